The summed E-state index contributed by atoms with van der Waals surface area (Å²) in [6.07, 6.45) is 3.68. The molecule has 1 heterocycles. The third-order valence-corrected chi connectivity index (χ3v) is 3.18. The number of nitrogens with one attached hydrogen (secondary N) is 2. The van der Waals surface area contributed by atoms with Gasteiger partial charge >= 0.3 is 0 Å². The number of hydrogen-bond acceptors (Lipinski definition) is 3. The molecule has 2 aromatic rings. The molecule has 0 spiro atoms. The molecule has 0 aliphatic carbocycles. The molecule has 5 nitrogen and oxygen atoms in total. The van der Waals surface area contributed by atoms with Crippen LogP contribution >= 0.6 is 0 Å². The zero-order valence-corrected chi connectivity index (χ0v) is 12.6. The molecule has 0 bridgehead atoms. The number of pyridine rings is 1. The zero-order valence-electron chi connectivity index (χ0n) is 12.6. The summed E-state index contributed by atoms with van der Waals surface area (Å²) in [6.45, 7) is 0.746. The van der Waals surface area contributed by atoms with E-state index in [0.717, 1.165) is 11.1 Å². The number of rotatable bonds is 7. The Hall–Kier alpha value is -2.76. The van der Waals surface area contributed by atoms with Crippen LogP contribution in [-0.2, 0) is 22.6 Å². The molecule has 120 valence electrons. The van der Waals surface area contributed by atoms with Crippen molar-refractivity contribution < 1.29 is 14.0 Å². The predicted molar refractivity (Wildman–Crippen MR) is 83.8 cm³/mol. The summed E-state index contributed by atoms with van der Waals surface area (Å²) >= 11 is 0. The van der Waals surface area contributed by atoms with E-state index in [9.17, 15) is 14.0 Å². The first-order valence-corrected chi connectivity index (χ1v) is 7.30. The molecule has 0 unspecified atom stereocenters. The highest BCUT2D eigenvalue weighted by molar-refractivity contribution is 5.96. The fraction of sp³-hybridized carbons (Fsp3) is 0.235. The lowest BCUT2D eigenvalue weighted by atomic mass is 10.1. The minimum atomic E-state index is -0.340. The van der Waals surface area contributed by atoms with Gasteiger partial charge in [-0.15, -0.1) is 0 Å². The third-order valence-electron chi connectivity index (χ3n) is 3.18. The van der Waals surface area contributed by atoms with Crippen molar-refractivity contribution in [2.75, 3.05) is 6.54 Å². The smallest absolute Gasteiger partial charge is 0.229 e. The van der Waals surface area contributed by atoms with Crippen LogP contribution in [0.4, 0.5) is 4.39 Å². The number of aromatic nitrogens is 1. The summed E-state index contributed by atoms with van der Waals surface area (Å²) in [5, 5.41) is 5.33. The van der Waals surface area contributed by atoms with E-state index in [-0.39, 0.29) is 24.1 Å². The Morgan fingerprint density at radius 1 is 1.00 bits per heavy atom. The van der Waals surface area contributed by atoms with E-state index >= 15 is 0 Å². The predicted octanol–water partition coefficient (Wildman–Crippen LogP) is 1.59. The topological polar surface area (TPSA) is 71.1 Å². The van der Waals surface area contributed by atoms with Gasteiger partial charge in [-0.3, -0.25) is 14.6 Å². The van der Waals surface area contributed by atoms with Crippen molar-refractivity contribution in [2.24, 2.45) is 0 Å². The first-order valence-electron chi connectivity index (χ1n) is 7.30. The third kappa shape index (κ3) is 6.25. The van der Waals surface area contributed by atoms with E-state index in [0.29, 0.717) is 19.5 Å². The van der Waals surface area contributed by atoms with Crippen molar-refractivity contribution >= 4 is 11.8 Å². The fourth-order valence-corrected chi connectivity index (χ4v) is 1.97. The minimum Gasteiger partial charge on any atom is -0.355 e. The van der Waals surface area contributed by atoms with Crippen molar-refractivity contribution in [3.63, 3.8) is 0 Å². The molecule has 2 N–H and O–H groups in total. The van der Waals surface area contributed by atoms with Crippen molar-refractivity contribution in [2.45, 2.75) is 19.4 Å². The van der Waals surface area contributed by atoms with Crippen LogP contribution in [0.1, 0.15) is 17.5 Å². The first-order chi connectivity index (χ1) is 11.1. The normalized spacial score (nSPS) is 10.1. The number of nitrogens with zero attached hydrogens (tertiary/aromatic N) is 1. The zero-order chi connectivity index (χ0) is 16.5. The highest BCUT2D eigenvalue weighted by Gasteiger charge is 2.08. The number of carbonyl (C=O) groups is 2. The van der Waals surface area contributed by atoms with Crippen LogP contribution in [0.15, 0.2) is 48.8 Å². The van der Waals surface area contributed by atoms with E-state index in [1.807, 2.05) is 6.07 Å². The molecule has 0 aliphatic rings. The molecular weight excluding hydrogens is 297 g/mol. The van der Waals surface area contributed by atoms with Crippen LogP contribution in [0, 0.1) is 5.82 Å². The lowest BCUT2D eigenvalue weighted by Crippen LogP contribution is -2.32. The molecule has 2 rings (SSSR count). The van der Waals surface area contributed by atoms with Gasteiger partial charge in [-0.2, -0.15) is 0 Å². The Kier molecular flexibility index (Phi) is 6.23. The average Bonchev–Trinajstić information content (AvgIpc) is 2.56. The maximum Gasteiger partial charge on any atom is 0.229 e. The minimum absolute atomic E-state index is 0.219. The molecule has 0 radical (unpaired) electrons. The summed E-state index contributed by atoms with van der Waals surface area (Å²) in [5.74, 6) is -0.966. The molecule has 0 aliphatic heterocycles. The van der Waals surface area contributed by atoms with E-state index in [2.05, 4.69) is 15.6 Å². The van der Waals surface area contributed by atoms with Gasteiger partial charge in [0, 0.05) is 25.5 Å². The van der Waals surface area contributed by atoms with Crippen LogP contribution in [-0.4, -0.2) is 23.3 Å². The SMILES string of the molecule is O=C(CC(=O)NCc1cccnc1)NCCc1ccc(F)cc1. The molecular formula is C17H18FN3O2. The molecule has 6 heteroatoms. The van der Waals surface area contributed by atoms with Crippen LogP contribution in [0.25, 0.3) is 0 Å². The Balaban J connectivity index is 1.64. The van der Waals surface area contributed by atoms with Gasteiger partial charge in [-0.05, 0) is 35.7 Å². The number of carbonyl (C=O) groups excluding carboxylic acids is 2. The maximum absolute atomic E-state index is 12.8. The van der Waals surface area contributed by atoms with Gasteiger partial charge in [0.25, 0.3) is 0 Å². The number of hydrogen-bond donors (Lipinski definition) is 2. The second-order valence-electron chi connectivity index (χ2n) is 5.04. The van der Waals surface area contributed by atoms with Crippen LogP contribution in [0.5, 0.6) is 0 Å². The molecule has 0 fully saturated rings. The Bertz CT molecular complexity index is 645. The van der Waals surface area contributed by atoms with Gasteiger partial charge in [0.1, 0.15) is 12.2 Å². The van der Waals surface area contributed by atoms with E-state index in [1.54, 1.807) is 30.6 Å². The summed E-state index contributed by atoms with van der Waals surface area (Å²) in [7, 11) is 0. The van der Waals surface area contributed by atoms with Crippen molar-refractivity contribution in [1.29, 1.82) is 0 Å². The summed E-state index contributed by atoms with van der Waals surface area (Å²) in [5.41, 5.74) is 1.80. The van der Waals surface area contributed by atoms with Gasteiger partial charge in [-0.25, -0.2) is 4.39 Å². The van der Waals surface area contributed by atoms with Crippen molar-refractivity contribution in [3.05, 3.63) is 65.7 Å². The van der Waals surface area contributed by atoms with Crippen molar-refractivity contribution in [1.82, 2.24) is 15.6 Å². The van der Waals surface area contributed by atoms with E-state index in [1.165, 1.54) is 12.1 Å². The number of halogens is 1. The molecule has 2 amide bonds. The highest BCUT2D eigenvalue weighted by atomic mass is 19.1. The van der Waals surface area contributed by atoms with Gasteiger partial charge in [0.2, 0.25) is 11.8 Å². The summed E-state index contributed by atoms with van der Waals surface area (Å²) < 4.78 is 12.8. The van der Waals surface area contributed by atoms with Crippen LogP contribution in [0.2, 0.25) is 0 Å². The quantitative estimate of drug-likeness (QED) is 0.762. The number of benzene rings is 1. The van der Waals surface area contributed by atoms with Gasteiger partial charge < -0.3 is 10.6 Å². The van der Waals surface area contributed by atoms with Gasteiger partial charge in [0.05, 0.1) is 0 Å². The van der Waals surface area contributed by atoms with Crippen LogP contribution < -0.4 is 10.6 Å². The van der Waals surface area contributed by atoms with Gasteiger partial charge in [-0.1, -0.05) is 18.2 Å². The largest absolute Gasteiger partial charge is 0.355 e. The lowest BCUT2D eigenvalue weighted by molar-refractivity contribution is -0.129. The molecule has 0 atom stereocenters. The monoisotopic (exact) mass is 315 g/mol. The lowest BCUT2D eigenvalue weighted by Gasteiger charge is -2.07. The Labute approximate surface area is 133 Å². The highest BCUT2D eigenvalue weighted by Crippen LogP contribution is 2.02. The first kappa shape index (κ1) is 16.6. The second kappa shape index (κ2) is 8.63. The standard InChI is InChI=1S/C17H18FN3O2/c18-15-5-3-13(4-6-15)7-9-20-16(22)10-17(23)21-12-14-2-1-8-19-11-14/h1-6,8,11H,7,9-10,12H2,(H,20,22)(H,21,23). The van der Waals surface area contributed by atoms with E-state index < -0.39 is 0 Å². The summed E-state index contributed by atoms with van der Waals surface area (Å²) in [4.78, 5) is 27.3. The van der Waals surface area contributed by atoms with Crippen LogP contribution in [0.3, 0.4) is 0 Å². The fourth-order valence-electron chi connectivity index (χ4n) is 1.97. The maximum atomic E-state index is 12.8. The molecule has 23 heavy (non-hydrogen) atoms. The molecule has 1 aromatic carbocycles. The molecule has 0 saturated carbocycles. The second-order valence-corrected chi connectivity index (χ2v) is 5.04. The molecule has 1 aromatic heterocycles. The summed E-state index contributed by atoms with van der Waals surface area (Å²) in [6, 6.07) is 9.72. The van der Waals surface area contributed by atoms with E-state index in [4.69, 9.17) is 0 Å². The molecule has 0 saturated heterocycles. The Morgan fingerprint density at radius 3 is 2.43 bits per heavy atom. The average molecular weight is 315 g/mol. The van der Waals surface area contributed by atoms with Crippen molar-refractivity contribution in [3.8, 4) is 0 Å². The Morgan fingerprint density at radius 2 is 1.74 bits per heavy atom. The van der Waals surface area contributed by atoms with Gasteiger partial charge in [0.15, 0.2) is 0 Å². The number of amides is 2.